The molecule has 0 radical (unpaired) electrons. The van der Waals surface area contributed by atoms with Crippen LogP contribution in [0.2, 0.25) is 0 Å². The molecule has 0 aromatic carbocycles. The third-order valence-corrected chi connectivity index (χ3v) is 3.99. The standard InChI is InChI=1S/C14H21N3O3.ClH/c1-9(2)13-12-11(15-8-16-12)3-5-17(13)14(18)20-10-4-6-19-7-10;/h8-10,13H,3-7H2,1-2H3,(H,15,16);1H/t10?,13-;/m0./s1. The first-order valence-electron chi connectivity index (χ1n) is 7.24. The molecular formula is C14H22ClN3O3. The zero-order valence-electron chi connectivity index (χ0n) is 12.4. The van der Waals surface area contributed by atoms with Crippen molar-refractivity contribution in [2.75, 3.05) is 19.8 Å². The van der Waals surface area contributed by atoms with Crippen molar-refractivity contribution < 1.29 is 14.3 Å². The lowest BCUT2D eigenvalue weighted by Gasteiger charge is -2.36. The topological polar surface area (TPSA) is 67.5 Å². The van der Waals surface area contributed by atoms with Crippen molar-refractivity contribution in [1.29, 1.82) is 0 Å². The van der Waals surface area contributed by atoms with Gasteiger partial charge in [0.15, 0.2) is 0 Å². The molecule has 0 aliphatic carbocycles. The van der Waals surface area contributed by atoms with E-state index >= 15 is 0 Å². The molecule has 1 aromatic rings. The quantitative estimate of drug-likeness (QED) is 0.909. The van der Waals surface area contributed by atoms with Gasteiger partial charge in [0.1, 0.15) is 6.10 Å². The highest BCUT2D eigenvalue weighted by Crippen LogP contribution is 2.33. The van der Waals surface area contributed by atoms with Crippen molar-refractivity contribution in [3.8, 4) is 0 Å². The van der Waals surface area contributed by atoms with E-state index in [2.05, 4.69) is 23.8 Å². The van der Waals surface area contributed by atoms with Crippen LogP contribution in [-0.2, 0) is 15.9 Å². The second-order valence-electron chi connectivity index (χ2n) is 5.77. The lowest BCUT2D eigenvalue weighted by Crippen LogP contribution is -2.43. The van der Waals surface area contributed by atoms with Gasteiger partial charge in [-0.2, -0.15) is 0 Å². The van der Waals surface area contributed by atoms with E-state index in [1.54, 1.807) is 6.33 Å². The highest BCUT2D eigenvalue weighted by molar-refractivity contribution is 5.85. The smallest absolute Gasteiger partial charge is 0.410 e. The van der Waals surface area contributed by atoms with Gasteiger partial charge in [0.25, 0.3) is 0 Å². The second-order valence-corrected chi connectivity index (χ2v) is 5.77. The predicted octanol–water partition coefficient (Wildman–Crippen LogP) is 2.31. The van der Waals surface area contributed by atoms with Gasteiger partial charge in [0, 0.05) is 25.1 Å². The fourth-order valence-electron chi connectivity index (χ4n) is 3.00. The maximum absolute atomic E-state index is 12.4. The highest BCUT2D eigenvalue weighted by atomic mass is 35.5. The Bertz CT molecular complexity index is 486. The Morgan fingerprint density at radius 1 is 1.57 bits per heavy atom. The van der Waals surface area contributed by atoms with Crippen LogP contribution in [0.5, 0.6) is 0 Å². The van der Waals surface area contributed by atoms with E-state index in [1.807, 2.05) is 4.90 Å². The minimum absolute atomic E-state index is 0. The number of rotatable bonds is 2. The van der Waals surface area contributed by atoms with Gasteiger partial charge in [0.2, 0.25) is 0 Å². The molecule has 7 heteroatoms. The average Bonchev–Trinajstić information content (AvgIpc) is 3.06. The van der Waals surface area contributed by atoms with Crippen molar-refractivity contribution in [3.05, 3.63) is 17.7 Å². The van der Waals surface area contributed by atoms with Crippen molar-refractivity contribution in [3.63, 3.8) is 0 Å². The number of fused-ring (bicyclic) bond motifs is 1. The first-order chi connectivity index (χ1) is 9.66. The number of ether oxygens (including phenoxy) is 2. The minimum Gasteiger partial charge on any atom is -0.444 e. The van der Waals surface area contributed by atoms with Crippen molar-refractivity contribution in [2.45, 2.75) is 38.8 Å². The first-order valence-corrected chi connectivity index (χ1v) is 7.24. The van der Waals surface area contributed by atoms with Gasteiger partial charge in [-0.25, -0.2) is 9.78 Å². The lowest BCUT2D eigenvalue weighted by molar-refractivity contribution is 0.0344. The number of nitrogens with zero attached hydrogens (tertiary/aromatic N) is 2. The summed E-state index contributed by atoms with van der Waals surface area (Å²) in [6, 6.07) is -0.0141. The van der Waals surface area contributed by atoms with Crippen molar-refractivity contribution >= 4 is 18.5 Å². The van der Waals surface area contributed by atoms with Crippen LogP contribution in [0.4, 0.5) is 4.79 Å². The number of aromatic nitrogens is 2. The van der Waals surface area contributed by atoms with Gasteiger partial charge >= 0.3 is 6.09 Å². The molecule has 0 bridgehead atoms. The number of hydrogen-bond donors (Lipinski definition) is 1. The molecule has 1 amide bonds. The summed E-state index contributed by atoms with van der Waals surface area (Å²) in [5.74, 6) is 0.296. The van der Waals surface area contributed by atoms with Gasteiger partial charge < -0.3 is 14.5 Å². The number of hydrogen-bond acceptors (Lipinski definition) is 4. The molecule has 3 heterocycles. The number of nitrogens with one attached hydrogen (secondary N) is 1. The predicted molar refractivity (Wildman–Crippen MR) is 79.5 cm³/mol. The Hall–Kier alpha value is -1.27. The number of imidazole rings is 1. The van der Waals surface area contributed by atoms with E-state index < -0.39 is 0 Å². The summed E-state index contributed by atoms with van der Waals surface area (Å²) in [6.07, 6.45) is 2.96. The Morgan fingerprint density at radius 3 is 3.05 bits per heavy atom. The molecule has 1 fully saturated rings. The van der Waals surface area contributed by atoms with Crippen molar-refractivity contribution in [2.24, 2.45) is 5.92 Å². The molecule has 0 spiro atoms. The van der Waals surface area contributed by atoms with Crippen LogP contribution in [0.1, 0.15) is 37.7 Å². The summed E-state index contributed by atoms with van der Waals surface area (Å²) < 4.78 is 10.8. The van der Waals surface area contributed by atoms with E-state index in [0.717, 1.165) is 24.2 Å². The fourth-order valence-corrected chi connectivity index (χ4v) is 3.00. The maximum atomic E-state index is 12.4. The van der Waals surface area contributed by atoms with Crippen LogP contribution in [0, 0.1) is 5.92 Å². The molecule has 2 aliphatic rings. The molecule has 1 unspecified atom stereocenters. The molecule has 0 saturated carbocycles. The van der Waals surface area contributed by atoms with Crippen LogP contribution in [-0.4, -0.2) is 46.8 Å². The summed E-state index contributed by atoms with van der Waals surface area (Å²) in [6.45, 7) is 6.07. The van der Waals surface area contributed by atoms with Crippen LogP contribution in [0.3, 0.4) is 0 Å². The Labute approximate surface area is 130 Å². The van der Waals surface area contributed by atoms with Gasteiger partial charge in [0.05, 0.1) is 31.3 Å². The van der Waals surface area contributed by atoms with Gasteiger partial charge in [-0.15, -0.1) is 12.4 Å². The van der Waals surface area contributed by atoms with Crippen molar-refractivity contribution in [1.82, 2.24) is 14.9 Å². The zero-order valence-corrected chi connectivity index (χ0v) is 13.2. The zero-order chi connectivity index (χ0) is 14.1. The summed E-state index contributed by atoms with van der Waals surface area (Å²) in [4.78, 5) is 21.8. The summed E-state index contributed by atoms with van der Waals surface area (Å²) in [5.41, 5.74) is 2.11. The molecular weight excluding hydrogens is 294 g/mol. The van der Waals surface area contributed by atoms with E-state index in [0.29, 0.717) is 25.7 Å². The molecule has 6 nitrogen and oxygen atoms in total. The van der Waals surface area contributed by atoms with E-state index in [4.69, 9.17) is 9.47 Å². The highest BCUT2D eigenvalue weighted by Gasteiger charge is 2.36. The largest absolute Gasteiger partial charge is 0.444 e. The molecule has 3 rings (SSSR count). The molecule has 1 aromatic heterocycles. The van der Waals surface area contributed by atoms with E-state index in [1.165, 1.54) is 0 Å². The second kappa shape index (κ2) is 6.66. The number of H-pyrrole nitrogens is 1. The molecule has 1 N–H and O–H groups in total. The summed E-state index contributed by atoms with van der Waals surface area (Å²) in [5, 5.41) is 0. The number of carbonyl (C=O) groups excluding carboxylic acids is 1. The normalized spacial score (nSPS) is 24.6. The maximum Gasteiger partial charge on any atom is 0.410 e. The van der Waals surface area contributed by atoms with Crippen LogP contribution in [0.25, 0.3) is 0 Å². The summed E-state index contributed by atoms with van der Waals surface area (Å²) >= 11 is 0. The molecule has 2 aliphatic heterocycles. The lowest BCUT2D eigenvalue weighted by atomic mass is 9.94. The molecule has 1 saturated heterocycles. The Balaban J connectivity index is 0.00000161. The number of carbonyl (C=O) groups is 1. The SMILES string of the molecule is CC(C)[C@H]1c2nc[nH]c2CCN1C(=O)OC1CCOC1.Cl. The number of aromatic amines is 1. The monoisotopic (exact) mass is 315 g/mol. The molecule has 21 heavy (non-hydrogen) atoms. The number of halogens is 1. The van der Waals surface area contributed by atoms with E-state index in [9.17, 15) is 4.79 Å². The third kappa shape index (κ3) is 3.16. The first kappa shape index (κ1) is 16.1. The van der Waals surface area contributed by atoms with Crippen LogP contribution in [0.15, 0.2) is 6.33 Å². The Morgan fingerprint density at radius 2 is 2.38 bits per heavy atom. The fraction of sp³-hybridized carbons (Fsp3) is 0.714. The average molecular weight is 316 g/mol. The summed E-state index contributed by atoms with van der Waals surface area (Å²) in [7, 11) is 0. The van der Waals surface area contributed by atoms with Gasteiger partial charge in [-0.3, -0.25) is 4.90 Å². The van der Waals surface area contributed by atoms with Crippen LogP contribution >= 0.6 is 12.4 Å². The van der Waals surface area contributed by atoms with Gasteiger partial charge in [-0.05, 0) is 5.92 Å². The number of amides is 1. The third-order valence-electron chi connectivity index (χ3n) is 3.99. The van der Waals surface area contributed by atoms with Gasteiger partial charge in [-0.1, -0.05) is 13.8 Å². The minimum atomic E-state index is -0.243. The van der Waals surface area contributed by atoms with Crippen LogP contribution < -0.4 is 0 Å². The Kier molecular flexibility index (Phi) is 5.11. The molecule has 118 valence electrons. The molecule has 2 atom stereocenters. The van der Waals surface area contributed by atoms with E-state index in [-0.39, 0.29) is 30.6 Å².